The molecule has 1 rings (SSSR count). The highest BCUT2D eigenvalue weighted by Gasteiger charge is 2.19. The topological polar surface area (TPSA) is 20.3 Å². The molecule has 1 fully saturated rings. The summed E-state index contributed by atoms with van der Waals surface area (Å²) in [6.45, 7) is 6.39. The number of carbonyl (C=O) groups is 1. The van der Waals surface area contributed by atoms with E-state index in [0.29, 0.717) is 5.91 Å². The monoisotopic (exact) mass is 229 g/mol. The molecule has 0 radical (unpaired) electrons. The Morgan fingerprint density at radius 1 is 1.47 bits per heavy atom. The molecule has 1 aliphatic rings. The Bertz CT molecular complexity index is 196. The van der Waals surface area contributed by atoms with Crippen molar-refractivity contribution in [3.8, 4) is 0 Å². The van der Waals surface area contributed by atoms with Crippen LogP contribution in [-0.2, 0) is 4.79 Å². The zero-order valence-electron chi connectivity index (χ0n) is 10.00. The van der Waals surface area contributed by atoms with Gasteiger partial charge in [-0.15, -0.1) is 0 Å². The molecule has 0 aromatic heterocycles. The Balaban J connectivity index is 2.23. The maximum Gasteiger partial charge on any atom is 0.222 e. The van der Waals surface area contributed by atoms with Crippen molar-refractivity contribution in [3.63, 3.8) is 0 Å². The number of amides is 1. The molecule has 0 N–H and O–H groups in total. The fourth-order valence-electron chi connectivity index (χ4n) is 1.91. The Morgan fingerprint density at radius 2 is 2.27 bits per heavy atom. The van der Waals surface area contributed by atoms with E-state index < -0.39 is 0 Å². The summed E-state index contributed by atoms with van der Waals surface area (Å²) in [6.07, 6.45) is 4.19. The van der Waals surface area contributed by atoms with Crippen LogP contribution in [0.4, 0.5) is 0 Å². The third kappa shape index (κ3) is 4.92. The number of nitrogens with zero attached hydrogens (tertiary/aromatic N) is 1. The normalized spacial score (nSPS) is 22.9. The van der Waals surface area contributed by atoms with Gasteiger partial charge in [-0.05, 0) is 36.7 Å². The maximum absolute atomic E-state index is 11.7. The highest BCUT2D eigenvalue weighted by molar-refractivity contribution is 7.99. The van der Waals surface area contributed by atoms with E-state index in [0.717, 1.165) is 38.3 Å². The van der Waals surface area contributed by atoms with Crippen LogP contribution in [0.15, 0.2) is 0 Å². The zero-order valence-corrected chi connectivity index (χ0v) is 10.8. The van der Waals surface area contributed by atoms with E-state index in [-0.39, 0.29) is 0 Å². The van der Waals surface area contributed by atoms with Crippen LogP contribution in [0.1, 0.15) is 39.5 Å². The lowest BCUT2D eigenvalue weighted by molar-refractivity contribution is -0.130. The molecule has 0 aliphatic carbocycles. The number of carbonyl (C=O) groups excluding carboxylic acids is 1. The average molecular weight is 229 g/mol. The van der Waals surface area contributed by atoms with Gasteiger partial charge in [0, 0.05) is 19.5 Å². The second kappa shape index (κ2) is 7.15. The molecule has 0 aromatic rings. The SMILES string of the molecule is CCSCCCN1CCC(C)CCC1=O. The van der Waals surface area contributed by atoms with Crippen molar-refractivity contribution in [1.29, 1.82) is 0 Å². The molecule has 0 saturated carbocycles. The van der Waals surface area contributed by atoms with Gasteiger partial charge in [0.05, 0.1) is 0 Å². The highest BCUT2D eigenvalue weighted by Crippen LogP contribution is 2.17. The van der Waals surface area contributed by atoms with Crippen LogP contribution in [0.25, 0.3) is 0 Å². The van der Waals surface area contributed by atoms with Gasteiger partial charge in [-0.1, -0.05) is 13.8 Å². The van der Waals surface area contributed by atoms with Crippen LogP contribution < -0.4 is 0 Å². The lowest BCUT2D eigenvalue weighted by Gasteiger charge is -2.20. The van der Waals surface area contributed by atoms with Crippen LogP contribution in [-0.4, -0.2) is 35.4 Å². The summed E-state index contributed by atoms with van der Waals surface area (Å²) in [6, 6.07) is 0. The van der Waals surface area contributed by atoms with Crippen molar-refractivity contribution in [2.45, 2.75) is 39.5 Å². The molecule has 88 valence electrons. The molecular formula is C12H23NOS. The van der Waals surface area contributed by atoms with E-state index in [4.69, 9.17) is 0 Å². The minimum atomic E-state index is 0.376. The quantitative estimate of drug-likeness (QED) is 0.676. The summed E-state index contributed by atoms with van der Waals surface area (Å²) >= 11 is 1.97. The van der Waals surface area contributed by atoms with Crippen molar-refractivity contribution in [2.75, 3.05) is 24.6 Å². The van der Waals surface area contributed by atoms with Gasteiger partial charge in [-0.2, -0.15) is 11.8 Å². The van der Waals surface area contributed by atoms with E-state index in [1.54, 1.807) is 0 Å². The van der Waals surface area contributed by atoms with Gasteiger partial charge in [-0.25, -0.2) is 0 Å². The lowest BCUT2D eigenvalue weighted by atomic mass is 10.0. The first-order chi connectivity index (χ1) is 7.24. The molecule has 1 unspecified atom stereocenters. The van der Waals surface area contributed by atoms with E-state index in [1.165, 1.54) is 17.9 Å². The number of likely N-dealkylation sites (tertiary alicyclic amines) is 1. The lowest BCUT2D eigenvalue weighted by Crippen LogP contribution is -2.31. The molecular weight excluding hydrogens is 206 g/mol. The van der Waals surface area contributed by atoms with Gasteiger partial charge in [0.15, 0.2) is 0 Å². The first-order valence-electron chi connectivity index (χ1n) is 6.09. The average Bonchev–Trinajstić information content (AvgIpc) is 2.38. The summed E-state index contributed by atoms with van der Waals surface area (Å²) in [5, 5.41) is 0. The summed E-state index contributed by atoms with van der Waals surface area (Å²) in [5.74, 6) is 3.48. The molecule has 3 heteroatoms. The van der Waals surface area contributed by atoms with Crippen molar-refractivity contribution in [2.24, 2.45) is 5.92 Å². The van der Waals surface area contributed by atoms with Gasteiger partial charge in [0.2, 0.25) is 5.91 Å². The fraction of sp³-hybridized carbons (Fsp3) is 0.917. The molecule has 2 nitrogen and oxygen atoms in total. The van der Waals surface area contributed by atoms with Crippen molar-refractivity contribution in [3.05, 3.63) is 0 Å². The van der Waals surface area contributed by atoms with Crippen LogP contribution in [0.2, 0.25) is 0 Å². The van der Waals surface area contributed by atoms with Crippen LogP contribution >= 0.6 is 11.8 Å². The largest absolute Gasteiger partial charge is 0.343 e. The third-order valence-corrected chi connectivity index (χ3v) is 4.00. The minimum absolute atomic E-state index is 0.376. The molecule has 1 saturated heterocycles. The first-order valence-corrected chi connectivity index (χ1v) is 7.25. The third-order valence-electron chi connectivity index (χ3n) is 3.02. The molecule has 1 heterocycles. The Morgan fingerprint density at radius 3 is 3.00 bits per heavy atom. The van der Waals surface area contributed by atoms with E-state index in [9.17, 15) is 4.79 Å². The van der Waals surface area contributed by atoms with Crippen molar-refractivity contribution in [1.82, 2.24) is 4.90 Å². The standard InChI is InChI=1S/C12H23NOS/c1-3-15-10-4-8-13-9-7-11(2)5-6-12(13)14/h11H,3-10H2,1-2H3. The Hall–Kier alpha value is -0.180. The van der Waals surface area contributed by atoms with Crippen molar-refractivity contribution < 1.29 is 4.79 Å². The van der Waals surface area contributed by atoms with Gasteiger partial charge in [0.25, 0.3) is 0 Å². The van der Waals surface area contributed by atoms with Crippen LogP contribution in [0.3, 0.4) is 0 Å². The summed E-state index contributed by atoms with van der Waals surface area (Å²) in [5.41, 5.74) is 0. The molecule has 15 heavy (non-hydrogen) atoms. The zero-order chi connectivity index (χ0) is 11.1. The second-order valence-corrected chi connectivity index (χ2v) is 5.76. The molecule has 1 aliphatic heterocycles. The van der Waals surface area contributed by atoms with E-state index in [1.807, 2.05) is 11.8 Å². The smallest absolute Gasteiger partial charge is 0.222 e. The number of hydrogen-bond donors (Lipinski definition) is 0. The predicted molar refractivity (Wildman–Crippen MR) is 67.2 cm³/mol. The highest BCUT2D eigenvalue weighted by atomic mass is 32.2. The molecule has 0 aromatic carbocycles. The molecule has 1 atom stereocenters. The Labute approximate surface area is 97.8 Å². The summed E-state index contributed by atoms with van der Waals surface area (Å²) in [7, 11) is 0. The van der Waals surface area contributed by atoms with E-state index >= 15 is 0 Å². The summed E-state index contributed by atoms with van der Waals surface area (Å²) < 4.78 is 0. The molecule has 0 bridgehead atoms. The minimum Gasteiger partial charge on any atom is -0.343 e. The number of rotatable bonds is 5. The van der Waals surface area contributed by atoms with Crippen molar-refractivity contribution >= 4 is 17.7 Å². The van der Waals surface area contributed by atoms with Crippen LogP contribution in [0.5, 0.6) is 0 Å². The number of thioether (sulfide) groups is 1. The summed E-state index contributed by atoms with van der Waals surface area (Å²) in [4.78, 5) is 13.8. The fourth-order valence-corrected chi connectivity index (χ4v) is 2.53. The Kier molecular flexibility index (Phi) is 6.15. The van der Waals surface area contributed by atoms with Crippen LogP contribution in [0, 0.1) is 5.92 Å². The van der Waals surface area contributed by atoms with Gasteiger partial charge in [-0.3, -0.25) is 4.79 Å². The number of hydrogen-bond acceptors (Lipinski definition) is 2. The van der Waals surface area contributed by atoms with Gasteiger partial charge >= 0.3 is 0 Å². The second-order valence-electron chi connectivity index (χ2n) is 4.36. The molecule has 0 spiro atoms. The maximum atomic E-state index is 11.7. The van der Waals surface area contributed by atoms with E-state index in [2.05, 4.69) is 18.7 Å². The van der Waals surface area contributed by atoms with Gasteiger partial charge < -0.3 is 4.90 Å². The van der Waals surface area contributed by atoms with Gasteiger partial charge in [0.1, 0.15) is 0 Å². The molecule has 1 amide bonds. The first kappa shape index (κ1) is 12.9. The predicted octanol–water partition coefficient (Wildman–Crippen LogP) is 2.78.